The third kappa shape index (κ3) is 3.56. The number of furan rings is 1. The molecule has 1 aromatic carbocycles. The topological polar surface area (TPSA) is 58.7 Å². The van der Waals surface area contributed by atoms with Crippen molar-refractivity contribution in [3.05, 3.63) is 54.0 Å². The first kappa shape index (κ1) is 16.2. The van der Waals surface area contributed by atoms with E-state index in [1.165, 1.54) is 12.8 Å². The quantitative estimate of drug-likeness (QED) is 0.801. The van der Waals surface area contributed by atoms with Crippen molar-refractivity contribution in [1.29, 1.82) is 0 Å². The van der Waals surface area contributed by atoms with E-state index >= 15 is 0 Å². The Morgan fingerprint density at radius 1 is 1.16 bits per heavy atom. The van der Waals surface area contributed by atoms with Gasteiger partial charge in [-0.05, 0) is 30.7 Å². The molecular weight excluding hydrogens is 314 g/mol. The fraction of sp³-hybridized carbons (Fsp3) is 0.450. The van der Waals surface area contributed by atoms with Gasteiger partial charge in [-0.15, -0.1) is 0 Å². The number of para-hydroxylation sites is 1. The zero-order chi connectivity index (χ0) is 17.2. The Hall–Kier alpha value is -2.27. The number of nitrogens with one attached hydrogen (secondary N) is 3. The Morgan fingerprint density at radius 2 is 1.92 bits per heavy atom. The number of urea groups is 1. The van der Waals surface area contributed by atoms with Crippen LogP contribution in [0.3, 0.4) is 0 Å². The number of amides is 2. The Kier molecular flexibility index (Phi) is 4.49. The summed E-state index contributed by atoms with van der Waals surface area (Å²) in [7, 11) is 0. The summed E-state index contributed by atoms with van der Waals surface area (Å²) in [5.41, 5.74) is 1.96. The molecule has 2 bridgehead atoms. The molecule has 2 amide bonds. The van der Waals surface area contributed by atoms with E-state index in [4.69, 9.17) is 4.42 Å². The largest absolute Gasteiger partial charge is 0.463 e. The summed E-state index contributed by atoms with van der Waals surface area (Å²) in [6.45, 7) is 2.97. The summed E-state index contributed by atoms with van der Waals surface area (Å²) < 4.78 is 5.53. The highest BCUT2D eigenvalue weighted by Crippen LogP contribution is 2.24. The lowest BCUT2D eigenvalue weighted by molar-refractivity contribution is -0.955. The minimum absolute atomic E-state index is 0.0896. The molecule has 2 aliphatic rings. The number of anilines is 1. The van der Waals surface area contributed by atoms with Gasteiger partial charge in [-0.1, -0.05) is 18.2 Å². The van der Waals surface area contributed by atoms with Crippen LogP contribution in [0.4, 0.5) is 10.5 Å². The van der Waals surface area contributed by atoms with Gasteiger partial charge in [0.15, 0.2) is 5.76 Å². The van der Waals surface area contributed by atoms with Crippen LogP contribution < -0.4 is 15.5 Å². The summed E-state index contributed by atoms with van der Waals surface area (Å²) in [5.74, 6) is 1.07. The van der Waals surface area contributed by atoms with E-state index in [1.807, 2.05) is 37.3 Å². The predicted octanol–water partition coefficient (Wildman–Crippen LogP) is 2.49. The van der Waals surface area contributed by atoms with Crippen LogP contribution in [0.25, 0.3) is 0 Å². The summed E-state index contributed by atoms with van der Waals surface area (Å²) in [4.78, 5) is 14.0. The van der Waals surface area contributed by atoms with Crippen LogP contribution in [-0.2, 0) is 6.54 Å². The number of carbonyl (C=O) groups is 1. The van der Waals surface area contributed by atoms with Crippen molar-refractivity contribution in [2.45, 2.75) is 57.3 Å². The Morgan fingerprint density at radius 3 is 2.60 bits per heavy atom. The van der Waals surface area contributed by atoms with E-state index in [9.17, 15) is 4.79 Å². The highest BCUT2D eigenvalue weighted by molar-refractivity contribution is 5.90. The number of carbonyl (C=O) groups excluding carboxylic acids is 1. The van der Waals surface area contributed by atoms with Gasteiger partial charge in [0.25, 0.3) is 0 Å². The summed E-state index contributed by atoms with van der Waals surface area (Å²) in [6, 6.07) is 13.3. The van der Waals surface area contributed by atoms with E-state index in [2.05, 4.69) is 16.7 Å². The van der Waals surface area contributed by atoms with E-state index in [0.717, 1.165) is 36.4 Å². The number of hydrogen-bond donors (Lipinski definition) is 3. The third-order valence-electron chi connectivity index (χ3n) is 5.74. The lowest BCUT2D eigenvalue weighted by atomic mass is 9.97. The van der Waals surface area contributed by atoms with Crippen molar-refractivity contribution in [1.82, 2.24) is 5.32 Å². The van der Waals surface area contributed by atoms with Crippen LogP contribution in [0.1, 0.15) is 37.0 Å². The molecule has 1 aromatic heterocycles. The molecule has 5 nitrogen and oxygen atoms in total. The molecule has 2 saturated heterocycles. The van der Waals surface area contributed by atoms with Crippen LogP contribution in [0.2, 0.25) is 0 Å². The Balaban J connectivity index is 1.33. The van der Waals surface area contributed by atoms with Gasteiger partial charge < -0.3 is 20.0 Å². The number of piperidine rings is 1. The monoisotopic (exact) mass is 340 g/mol. The molecule has 0 saturated carbocycles. The SMILES string of the molecule is Cc1ccccc1NC(=O)NC1C[C@H]2CC[C@@H](C1)[NH+]2Cc1ccco1. The Bertz CT molecular complexity index is 714. The van der Waals surface area contributed by atoms with Crippen molar-refractivity contribution >= 4 is 11.7 Å². The zero-order valence-corrected chi connectivity index (χ0v) is 14.6. The number of rotatable bonds is 4. The van der Waals surface area contributed by atoms with Gasteiger partial charge in [-0.2, -0.15) is 0 Å². The summed E-state index contributed by atoms with van der Waals surface area (Å²) in [5, 5.41) is 6.17. The maximum Gasteiger partial charge on any atom is 0.319 e. The predicted molar refractivity (Wildman–Crippen MR) is 96.5 cm³/mol. The van der Waals surface area contributed by atoms with E-state index in [1.54, 1.807) is 11.2 Å². The van der Waals surface area contributed by atoms with Gasteiger partial charge in [-0.25, -0.2) is 4.79 Å². The van der Waals surface area contributed by atoms with E-state index < -0.39 is 0 Å². The van der Waals surface area contributed by atoms with Crippen molar-refractivity contribution in [2.75, 3.05) is 5.32 Å². The summed E-state index contributed by atoms with van der Waals surface area (Å²) >= 11 is 0. The second-order valence-corrected chi connectivity index (χ2v) is 7.38. The van der Waals surface area contributed by atoms with Gasteiger partial charge in [0.2, 0.25) is 0 Å². The normalized spacial score (nSPS) is 27.9. The average Bonchev–Trinajstić information content (AvgIpc) is 3.17. The molecule has 4 rings (SSSR count). The van der Waals surface area contributed by atoms with Crippen molar-refractivity contribution in [3.63, 3.8) is 0 Å². The zero-order valence-electron chi connectivity index (χ0n) is 14.6. The number of aryl methyl sites for hydroxylation is 1. The molecule has 2 unspecified atom stereocenters. The third-order valence-corrected chi connectivity index (χ3v) is 5.74. The molecular formula is C20H26N3O2+. The van der Waals surface area contributed by atoms with Crippen LogP contribution in [0.15, 0.2) is 47.1 Å². The molecule has 2 aromatic rings. The van der Waals surface area contributed by atoms with Gasteiger partial charge in [0, 0.05) is 37.4 Å². The van der Waals surface area contributed by atoms with Crippen LogP contribution in [-0.4, -0.2) is 24.2 Å². The maximum absolute atomic E-state index is 12.4. The van der Waals surface area contributed by atoms with Crippen molar-refractivity contribution in [2.24, 2.45) is 0 Å². The standard InChI is InChI=1S/C20H25N3O2/c1-14-5-2-3-7-19(14)22-20(24)21-15-11-16-8-9-17(12-15)23(16)13-18-6-4-10-25-18/h2-7,10,15-17H,8-9,11-13H2,1H3,(H2,21,22,24)/p+1/t15?,16-,17+. The van der Waals surface area contributed by atoms with Crippen LogP contribution in [0, 0.1) is 6.92 Å². The number of quaternary nitrogens is 1. The van der Waals surface area contributed by atoms with Gasteiger partial charge >= 0.3 is 6.03 Å². The number of benzene rings is 1. The lowest BCUT2D eigenvalue weighted by Gasteiger charge is -2.35. The fourth-order valence-electron chi connectivity index (χ4n) is 4.51. The smallest absolute Gasteiger partial charge is 0.319 e. The molecule has 0 aliphatic carbocycles. The maximum atomic E-state index is 12.4. The van der Waals surface area contributed by atoms with Crippen LogP contribution in [0.5, 0.6) is 0 Å². The first-order valence-electron chi connectivity index (χ1n) is 9.20. The minimum atomic E-state index is -0.0896. The van der Waals surface area contributed by atoms with E-state index in [-0.39, 0.29) is 12.1 Å². The fourth-order valence-corrected chi connectivity index (χ4v) is 4.51. The van der Waals surface area contributed by atoms with E-state index in [0.29, 0.717) is 12.1 Å². The number of hydrogen-bond acceptors (Lipinski definition) is 2. The highest BCUT2D eigenvalue weighted by Gasteiger charge is 2.45. The van der Waals surface area contributed by atoms with Gasteiger partial charge in [-0.3, -0.25) is 0 Å². The van der Waals surface area contributed by atoms with Gasteiger partial charge in [0.05, 0.1) is 18.3 Å². The molecule has 132 valence electrons. The molecule has 3 N–H and O–H groups in total. The first-order valence-corrected chi connectivity index (χ1v) is 9.20. The van der Waals surface area contributed by atoms with Gasteiger partial charge in [0.1, 0.15) is 6.54 Å². The average molecular weight is 340 g/mol. The molecule has 2 fully saturated rings. The number of fused-ring (bicyclic) bond motifs is 2. The highest BCUT2D eigenvalue weighted by atomic mass is 16.3. The molecule has 0 radical (unpaired) electrons. The molecule has 2 aliphatic heterocycles. The molecule has 0 spiro atoms. The second kappa shape index (κ2) is 6.92. The van der Waals surface area contributed by atoms with Crippen molar-refractivity contribution < 1.29 is 14.1 Å². The molecule has 4 atom stereocenters. The Labute approximate surface area is 148 Å². The molecule has 5 heteroatoms. The van der Waals surface area contributed by atoms with Crippen molar-refractivity contribution in [3.8, 4) is 0 Å². The summed E-state index contributed by atoms with van der Waals surface area (Å²) in [6.07, 6.45) is 6.35. The molecule has 25 heavy (non-hydrogen) atoms. The minimum Gasteiger partial charge on any atom is -0.463 e. The molecule has 3 heterocycles. The first-order chi connectivity index (χ1) is 12.2. The lowest BCUT2D eigenvalue weighted by Crippen LogP contribution is -3.17. The second-order valence-electron chi connectivity index (χ2n) is 7.38. The van der Waals surface area contributed by atoms with Crippen LogP contribution >= 0.6 is 0 Å².